The van der Waals surface area contributed by atoms with Gasteiger partial charge in [-0.2, -0.15) is 5.10 Å². The molecule has 0 radical (unpaired) electrons. The summed E-state index contributed by atoms with van der Waals surface area (Å²) in [5, 5.41) is 16.0. The summed E-state index contributed by atoms with van der Waals surface area (Å²) in [7, 11) is 1.74. The van der Waals surface area contributed by atoms with Crippen LogP contribution in [0.15, 0.2) is 12.4 Å². The van der Waals surface area contributed by atoms with Crippen molar-refractivity contribution in [2.75, 3.05) is 6.54 Å². The van der Waals surface area contributed by atoms with E-state index < -0.39 is 17.4 Å². The number of amides is 1. The topological polar surface area (TPSA) is 110 Å². The second-order valence-corrected chi connectivity index (χ2v) is 5.44. The first-order valence-electron chi connectivity index (χ1n) is 6.70. The number of carbonyl (C=O) groups excluding carboxylic acids is 1. The van der Waals surface area contributed by atoms with E-state index in [0.717, 1.165) is 12.8 Å². The molecule has 1 aliphatic carbocycles. The molecule has 7 heteroatoms. The van der Waals surface area contributed by atoms with Crippen molar-refractivity contribution in [3.05, 3.63) is 18.0 Å². The Morgan fingerprint density at radius 3 is 2.70 bits per heavy atom. The minimum atomic E-state index is -0.842. The zero-order valence-electron chi connectivity index (χ0n) is 11.5. The monoisotopic (exact) mass is 280 g/mol. The van der Waals surface area contributed by atoms with Crippen LogP contribution in [0.3, 0.4) is 0 Å². The molecule has 7 nitrogen and oxygen atoms in total. The van der Waals surface area contributed by atoms with Gasteiger partial charge in [0.25, 0.3) is 0 Å². The Morgan fingerprint density at radius 2 is 2.20 bits per heavy atom. The standard InChI is InChI=1S/C13H20N4O3/c1-17-7-9(6-16-17)10(14)11(18)15-8-13(12(19)20)4-2-3-5-13/h6-7,10H,2-5,8,14H2,1H3,(H,15,18)(H,19,20). The van der Waals surface area contributed by atoms with Gasteiger partial charge in [-0.3, -0.25) is 14.3 Å². The molecule has 1 aromatic rings. The maximum absolute atomic E-state index is 12.0. The third kappa shape index (κ3) is 2.82. The fraction of sp³-hybridized carbons (Fsp3) is 0.615. The molecule has 0 aromatic carbocycles. The van der Waals surface area contributed by atoms with Crippen LogP contribution >= 0.6 is 0 Å². The Kier molecular flexibility index (Phi) is 4.08. The lowest BCUT2D eigenvalue weighted by atomic mass is 9.86. The largest absolute Gasteiger partial charge is 0.481 e. The smallest absolute Gasteiger partial charge is 0.311 e. The van der Waals surface area contributed by atoms with Gasteiger partial charge >= 0.3 is 5.97 Å². The van der Waals surface area contributed by atoms with Crippen LogP contribution in [0.4, 0.5) is 0 Å². The number of carboxylic acids is 1. The second kappa shape index (κ2) is 5.62. The lowest BCUT2D eigenvalue weighted by molar-refractivity contribution is -0.148. The highest BCUT2D eigenvalue weighted by molar-refractivity contribution is 5.84. The fourth-order valence-corrected chi connectivity index (χ4v) is 2.64. The molecule has 20 heavy (non-hydrogen) atoms. The lowest BCUT2D eigenvalue weighted by Gasteiger charge is -2.24. The van der Waals surface area contributed by atoms with Crippen molar-refractivity contribution >= 4 is 11.9 Å². The molecule has 1 atom stereocenters. The number of hydrogen-bond acceptors (Lipinski definition) is 4. The average molecular weight is 280 g/mol. The Morgan fingerprint density at radius 1 is 1.55 bits per heavy atom. The van der Waals surface area contributed by atoms with Gasteiger partial charge < -0.3 is 16.2 Å². The third-order valence-electron chi connectivity index (χ3n) is 3.98. The number of nitrogens with zero attached hydrogens (tertiary/aromatic N) is 2. The second-order valence-electron chi connectivity index (χ2n) is 5.44. The van der Waals surface area contributed by atoms with Gasteiger partial charge in [-0.15, -0.1) is 0 Å². The molecule has 4 N–H and O–H groups in total. The van der Waals surface area contributed by atoms with E-state index in [9.17, 15) is 14.7 Å². The van der Waals surface area contributed by atoms with E-state index >= 15 is 0 Å². The van der Waals surface area contributed by atoms with Gasteiger partial charge in [0.05, 0.1) is 11.6 Å². The zero-order valence-corrected chi connectivity index (χ0v) is 11.5. The van der Waals surface area contributed by atoms with E-state index in [2.05, 4.69) is 10.4 Å². The molecule has 110 valence electrons. The summed E-state index contributed by atoms with van der Waals surface area (Å²) >= 11 is 0. The Hall–Kier alpha value is -1.89. The quantitative estimate of drug-likeness (QED) is 0.712. The molecule has 0 aliphatic heterocycles. The molecule has 2 rings (SSSR count). The summed E-state index contributed by atoms with van der Waals surface area (Å²) in [5.41, 5.74) is 5.63. The summed E-state index contributed by atoms with van der Waals surface area (Å²) in [5.74, 6) is -1.21. The van der Waals surface area contributed by atoms with E-state index in [4.69, 9.17) is 5.73 Å². The Balaban J connectivity index is 1.96. The first kappa shape index (κ1) is 14.5. The SMILES string of the molecule is Cn1cc(C(N)C(=O)NCC2(C(=O)O)CCCC2)cn1. The van der Waals surface area contributed by atoms with Gasteiger partial charge in [0, 0.05) is 25.4 Å². The van der Waals surface area contributed by atoms with Crippen LogP contribution in [0, 0.1) is 5.41 Å². The summed E-state index contributed by atoms with van der Waals surface area (Å²) in [6.07, 6.45) is 6.18. The van der Waals surface area contributed by atoms with Crippen molar-refractivity contribution in [1.29, 1.82) is 0 Å². The van der Waals surface area contributed by atoms with E-state index in [1.807, 2.05) is 0 Å². The molecule has 1 unspecified atom stereocenters. The number of nitrogens with one attached hydrogen (secondary N) is 1. The molecule has 0 bridgehead atoms. The highest BCUT2D eigenvalue weighted by atomic mass is 16.4. The number of aryl methyl sites for hydroxylation is 1. The lowest BCUT2D eigenvalue weighted by Crippen LogP contribution is -2.44. The summed E-state index contributed by atoms with van der Waals surface area (Å²) < 4.78 is 1.57. The van der Waals surface area contributed by atoms with Crippen LogP contribution in [0.1, 0.15) is 37.3 Å². The van der Waals surface area contributed by atoms with E-state index in [1.165, 1.54) is 6.20 Å². The zero-order chi connectivity index (χ0) is 14.8. The van der Waals surface area contributed by atoms with Crippen molar-refractivity contribution in [1.82, 2.24) is 15.1 Å². The van der Waals surface area contributed by atoms with E-state index in [1.54, 1.807) is 17.9 Å². The molecule has 1 amide bonds. The molecular formula is C13H20N4O3. The van der Waals surface area contributed by atoms with E-state index in [0.29, 0.717) is 18.4 Å². The Bertz CT molecular complexity index is 505. The predicted molar refractivity (Wildman–Crippen MR) is 71.7 cm³/mol. The first-order chi connectivity index (χ1) is 9.44. The highest BCUT2D eigenvalue weighted by Crippen LogP contribution is 2.37. The minimum Gasteiger partial charge on any atom is -0.481 e. The van der Waals surface area contributed by atoms with Crippen molar-refractivity contribution < 1.29 is 14.7 Å². The van der Waals surface area contributed by atoms with Crippen LogP contribution in [-0.4, -0.2) is 33.3 Å². The number of aromatic nitrogens is 2. The number of carbonyl (C=O) groups is 2. The van der Waals surface area contributed by atoms with Gasteiger partial charge in [0.1, 0.15) is 6.04 Å². The van der Waals surface area contributed by atoms with Crippen LogP contribution in [0.5, 0.6) is 0 Å². The molecule has 1 aromatic heterocycles. The summed E-state index contributed by atoms with van der Waals surface area (Å²) in [4.78, 5) is 23.4. The van der Waals surface area contributed by atoms with Crippen LogP contribution in [0.2, 0.25) is 0 Å². The number of carboxylic acid groups (broad SMARTS) is 1. The van der Waals surface area contributed by atoms with Crippen molar-refractivity contribution in [3.63, 3.8) is 0 Å². The molecule has 1 fully saturated rings. The van der Waals surface area contributed by atoms with Gasteiger partial charge in [-0.05, 0) is 12.8 Å². The maximum Gasteiger partial charge on any atom is 0.311 e. The number of rotatable bonds is 5. The molecule has 1 heterocycles. The number of nitrogens with two attached hydrogens (primary N) is 1. The van der Waals surface area contributed by atoms with Crippen LogP contribution in [-0.2, 0) is 16.6 Å². The van der Waals surface area contributed by atoms with Gasteiger partial charge in [0.2, 0.25) is 5.91 Å². The fourth-order valence-electron chi connectivity index (χ4n) is 2.64. The third-order valence-corrected chi connectivity index (χ3v) is 3.98. The molecule has 0 saturated heterocycles. The molecule has 1 saturated carbocycles. The van der Waals surface area contributed by atoms with Crippen molar-refractivity contribution in [2.45, 2.75) is 31.7 Å². The highest BCUT2D eigenvalue weighted by Gasteiger charge is 2.41. The van der Waals surface area contributed by atoms with E-state index in [-0.39, 0.29) is 12.5 Å². The Labute approximate surface area is 117 Å². The number of hydrogen-bond donors (Lipinski definition) is 3. The van der Waals surface area contributed by atoms with Crippen LogP contribution in [0.25, 0.3) is 0 Å². The molecular weight excluding hydrogens is 260 g/mol. The first-order valence-corrected chi connectivity index (χ1v) is 6.70. The summed E-state index contributed by atoms with van der Waals surface area (Å²) in [6.45, 7) is 0.134. The summed E-state index contributed by atoms with van der Waals surface area (Å²) in [6, 6.07) is -0.823. The minimum absolute atomic E-state index is 0.134. The van der Waals surface area contributed by atoms with Gasteiger partial charge in [0.15, 0.2) is 0 Å². The van der Waals surface area contributed by atoms with Crippen molar-refractivity contribution in [2.24, 2.45) is 18.2 Å². The molecule has 0 spiro atoms. The van der Waals surface area contributed by atoms with Crippen LogP contribution < -0.4 is 11.1 Å². The predicted octanol–water partition coefficient (Wildman–Crippen LogP) is 0.181. The van der Waals surface area contributed by atoms with Gasteiger partial charge in [-0.1, -0.05) is 12.8 Å². The maximum atomic E-state index is 12.0. The van der Waals surface area contributed by atoms with Gasteiger partial charge in [-0.25, -0.2) is 0 Å². The van der Waals surface area contributed by atoms with Crippen molar-refractivity contribution in [3.8, 4) is 0 Å². The number of aliphatic carboxylic acids is 1. The normalized spacial score (nSPS) is 18.7. The average Bonchev–Trinajstić information content (AvgIpc) is 3.04. The molecule has 1 aliphatic rings.